The Hall–Kier alpha value is -3.15. The molecule has 2 aromatic carbocycles. The first-order chi connectivity index (χ1) is 17.8. The summed E-state index contributed by atoms with van der Waals surface area (Å²) in [4.78, 5) is 18.9. The predicted octanol–water partition coefficient (Wildman–Crippen LogP) is 3.60. The molecule has 0 saturated carbocycles. The third-order valence-corrected chi connectivity index (χ3v) is 7.73. The summed E-state index contributed by atoms with van der Waals surface area (Å²) in [7, 11) is -2.41. The molecule has 3 aromatic rings. The van der Waals surface area contributed by atoms with E-state index >= 15 is 0 Å². The number of ether oxygens (including phenoxy) is 2. The van der Waals surface area contributed by atoms with Crippen molar-refractivity contribution < 1.29 is 31.5 Å². The highest BCUT2D eigenvalue weighted by atomic mass is 32.2. The fourth-order valence-corrected chi connectivity index (χ4v) is 5.77. The number of carbonyl (C=O) groups excluding carboxylic acids is 1. The fraction of sp³-hybridized carbons (Fsp3) is 0.385. The number of carbonyl (C=O) groups is 1. The molecule has 1 amide bonds. The second-order valence-electron chi connectivity index (χ2n) is 8.89. The summed E-state index contributed by atoms with van der Waals surface area (Å²) >= 11 is 0. The first-order valence-corrected chi connectivity index (χ1v) is 13.6. The van der Waals surface area contributed by atoms with Gasteiger partial charge in [0.15, 0.2) is 0 Å². The monoisotopic (exact) mass is 533 g/mol. The molecule has 1 fully saturated rings. The average molecular weight is 534 g/mol. The van der Waals surface area contributed by atoms with Gasteiger partial charge in [-0.15, -0.1) is 0 Å². The van der Waals surface area contributed by atoms with Crippen LogP contribution in [0.3, 0.4) is 0 Å². The number of hydrogen-bond donors (Lipinski definition) is 0. The van der Waals surface area contributed by atoms with Gasteiger partial charge < -0.3 is 18.9 Å². The zero-order valence-electron chi connectivity index (χ0n) is 20.5. The van der Waals surface area contributed by atoms with Crippen LogP contribution in [0.2, 0.25) is 0 Å². The van der Waals surface area contributed by atoms with E-state index in [2.05, 4.69) is 4.98 Å². The summed E-state index contributed by atoms with van der Waals surface area (Å²) in [6.07, 6.45) is 2.87. The topological polar surface area (TPSA) is 90.7 Å². The van der Waals surface area contributed by atoms with Gasteiger partial charge in [-0.3, -0.25) is 4.79 Å². The normalized spacial score (nSPS) is 15.7. The van der Waals surface area contributed by atoms with E-state index in [9.17, 15) is 22.0 Å². The molecule has 1 aliphatic rings. The first kappa shape index (κ1) is 26.9. The third-order valence-electron chi connectivity index (χ3n) is 6.14. The van der Waals surface area contributed by atoms with Crippen LogP contribution in [0.25, 0.3) is 0 Å². The molecule has 1 atom stereocenters. The highest BCUT2D eigenvalue weighted by Crippen LogP contribution is 2.23. The number of halogens is 2. The van der Waals surface area contributed by atoms with Gasteiger partial charge in [0, 0.05) is 25.8 Å². The number of benzene rings is 2. The van der Waals surface area contributed by atoms with E-state index in [1.165, 1.54) is 60.7 Å². The summed E-state index contributed by atoms with van der Waals surface area (Å²) < 4.78 is 66.4. The summed E-state index contributed by atoms with van der Waals surface area (Å²) in [5.41, 5.74) is 1.09. The van der Waals surface area contributed by atoms with Crippen molar-refractivity contribution in [3.05, 3.63) is 83.2 Å². The Morgan fingerprint density at radius 3 is 2.65 bits per heavy atom. The molecular formula is C26H29F2N3O5S. The van der Waals surface area contributed by atoms with Crippen molar-refractivity contribution in [3.63, 3.8) is 0 Å². The minimum atomic E-state index is -3.91. The molecule has 11 heteroatoms. The lowest BCUT2D eigenvalue weighted by atomic mass is 10.2. The van der Waals surface area contributed by atoms with Crippen LogP contribution in [-0.2, 0) is 38.2 Å². The summed E-state index contributed by atoms with van der Waals surface area (Å²) in [5, 5.41) is -0.146. The van der Waals surface area contributed by atoms with Crippen LogP contribution in [0, 0.1) is 11.6 Å². The van der Waals surface area contributed by atoms with Crippen molar-refractivity contribution in [2.45, 2.75) is 42.9 Å². The Labute approximate surface area is 214 Å². The average Bonchev–Trinajstić information content (AvgIpc) is 3.53. The number of nitrogens with zero attached hydrogens (tertiary/aromatic N) is 3. The van der Waals surface area contributed by atoms with Crippen LogP contribution in [0.5, 0.6) is 0 Å². The van der Waals surface area contributed by atoms with Gasteiger partial charge >= 0.3 is 0 Å². The molecule has 0 radical (unpaired) electrons. The van der Waals surface area contributed by atoms with Gasteiger partial charge in [0.25, 0.3) is 5.91 Å². The summed E-state index contributed by atoms with van der Waals surface area (Å²) in [6, 6.07) is 10.7. The van der Waals surface area contributed by atoms with E-state index in [4.69, 9.17) is 9.47 Å². The van der Waals surface area contributed by atoms with Gasteiger partial charge in [0.2, 0.25) is 15.0 Å². The van der Waals surface area contributed by atoms with Crippen molar-refractivity contribution in [2.75, 3.05) is 26.9 Å². The minimum absolute atomic E-state index is 0.0322. The standard InChI is InChI=1S/C26H29F2N3O5S/c1-35-13-11-30(25(32)20-4-2-5-22(28)14-20)16-23-15-29-26(31(23)17-24-6-3-12-36-24)37(33,34)18-19-7-9-21(27)10-8-19/h2,4-5,7-10,14-15,24H,3,6,11-13,16-18H2,1H3. The third kappa shape index (κ3) is 6.79. The van der Waals surface area contributed by atoms with Crippen molar-refractivity contribution in [1.82, 2.24) is 14.5 Å². The lowest BCUT2D eigenvalue weighted by molar-refractivity contribution is 0.0668. The van der Waals surface area contributed by atoms with Crippen LogP contribution in [-0.4, -0.2) is 61.7 Å². The highest BCUT2D eigenvalue weighted by molar-refractivity contribution is 7.90. The maximum Gasteiger partial charge on any atom is 0.254 e. The van der Waals surface area contributed by atoms with Gasteiger partial charge in [0.1, 0.15) is 11.6 Å². The maximum atomic E-state index is 13.8. The van der Waals surface area contributed by atoms with Gasteiger partial charge in [-0.2, -0.15) is 0 Å². The number of rotatable bonds is 11. The van der Waals surface area contributed by atoms with E-state index < -0.39 is 27.4 Å². The first-order valence-electron chi connectivity index (χ1n) is 11.9. The van der Waals surface area contributed by atoms with E-state index in [0.717, 1.165) is 18.9 Å². The Morgan fingerprint density at radius 1 is 1.19 bits per heavy atom. The zero-order chi connectivity index (χ0) is 26.4. The second-order valence-corrected chi connectivity index (χ2v) is 10.8. The smallest absolute Gasteiger partial charge is 0.254 e. The summed E-state index contributed by atoms with van der Waals surface area (Å²) in [5.74, 6) is -1.76. The quantitative estimate of drug-likeness (QED) is 0.374. The van der Waals surface area contributed by atoms with Crippen molar-refractivity contribution in [2.24, 2.45) is 0 Å². The fourth-order valence-electron chi connectivity index (χ4n) is 4.27. The van der Waals surface area contributed by atoms with Gasteiger partial charge in [-0.1, -0.05) is 18.2 Å². The van der Waals surface area contributed by atoms with Crippen molar-refractivity contribution in [1.29, 1.82) is 0 Å². The molecule has 1 unspecified atom stereocenters. The molecule has 1 saturated heterocycles. The summed E-state index contributed by atoms with van der Waals surface area (Å²) in [6.45, 7) is 1.31. The maximum absolute atomic E-state index is 13.8. The van der Waals surface area contributed by atoms with E-state index in [1.807, 2.05) is 0 Å². The molecule has 198 valence electrons. The predicted molar refractivity (Wildman–Crippen MR) is 132 cm³/mol. The molecule has 0 aliphatic carbocycles. The molecule has 1 aliphatic heterocycles. The number of aromatic nitrogens is 2. The number of imidazole rings is 1. The Kier molecular flexibility index (Phi) is 8.67. The zero-order valence-corrected chi connectivity index (χ0v) is 21.3. The Morgan fingerprint density at radius 2 is 1.97 bits per heavy atom. The van der Waals surface area contributed by atoms with Gasteiger partial charge in [0.05, 0.1) is 43.4 Å². The van der Waals surface area contributed by atoms with Crippen LogP contribution < -0.4 is 0 Å². The van der Waals surface area contributed by atoms with Crippen molar-refractivity contribution >= 4 is 15.7 Å². The van der Waals surface area contributed by atoms with Gasteiger partial charge in [-0.05, 0) is 48.7 Å². The number of amides is 1. The lowest BCUT2D eigenvalue weighted by Crippen LogP contribution is -2.35. The molecule has 8 nitrogen and oxygen atoms in total. The molecule has 4 rings (SSSR count). The molecular weight excluding hydrogens is 504 g/mol. The Bertz CT molecular complexity index is 1320. The highest BCUT2D eigenvalue weighted by Gasteiger charge is 2.28. The number of hydrogen-bond acceptors (Lipinski definition) is 6. The van der Waals surface area contributed by atoms with Crippen LogP contribution in [0.15, 0.2) is 59.9 Å². The molecule has 0 N–H and O–H groups in total. The number of sulfone groups is 1. The SMILES string of the molecule is COCCN(Cc1cnc(S(=O)(=O)Cc2ccc(F)cc2)n1CC1CCCO1)C(=O)c1cccc(F)c1. The van der Waals surface area contributed by atoms with Crippen LogP contribution in [0.1, 0.15) is 34.5 Å². The molecule has 2 heterocycles. The molecule has 1 aromatic heterocycles. The van der Waals surface area contributed by atoms with E-state index in [-0.39, 0.29) is 48.8 Å². The van der Waals surface area contributed by atoms with E-state index in [1.54, 1.807) is 4.57 Å². The minimum Gasteiger partial charge on any atom is -0.383 e. The van der Waals surface area contributed by atoms with Crippen LogP contribution >= 0.6 is 0 Å². The Balaban J connectivity index is 1.66. The lowest BCUT2D eigenvalue weighted by Gasteiger charge is -2.24. The van der Waals surface area contributed by atoms with Crippen LogP contribution in [0.4, 0.5) is 8.78 Å². The van der Waals surface area contributed by atoms with Crippen molar-refractivity contribution in [3.8, 4) is 0 Å². The molecule has 0 bridgehead atoms. The molecule has 0 spiro atoms. The number of methoxy groups -OCH3 is 1. The van der Waals surface area contributed by atoms with E-state index in [0.29, 0.717) is 17.9 Å². The molecule has 37 heavy (non-hydrogen) atoms. The second kappa shape index (κ2) is 11.9. The largest absolute Gasteiger partial charge is 0.383 e. The van der Waals surface area contributed by atoms with Gasteiger partial charge in [-0.25, -0.2) is 22.2 Å².